The zero-order chi connectivity index (χ0) is 21.5. The highest BCUT2D eigenvalue weighted by Gasteiger charge is 2.18. The van der Waals surface area contributed by atoms with Gasteiger partial charge in [-0.15, -0.1) is 0 Å². The Kier molecular flexibility index (Phi) is 5.03. The SMILES string of the molecule is CCCc1c[c]c2c3c(C(N)=O)cccc3n(Cc3ccc4ccccc4c3Br)c2c1. The highest BCUT2D eigenvalue weighted by molar-refractivity contribution is 9.10. The van der Waals surface area contributed by atoms with Gasteiger partial charge in [0.25, 0.3) is 0 Å². The molecule has 0 atom stereocenters. The summed E-state index contributed by atoms with van der Waals surface area (Å²) in [6.07, 6.45) is 2.07. The number of fused-ring (bicyclic) bond motifs is 4. The van der Waals surface area contributed by atoms with Crippen molar-refractivity contribution in [3.05, 3.63) is 94.0 Å². The maximum atomic E-state index is 12.2. The van der Waals surface area contributed by atoms with E-state index in [4.69, 9.17) is 5.73 Å². The number of rotatable bonds is 5. The number of carbonyl (C=O) groups excluding carboxylic acids is 1. The third kappa shape index (κ3) is 3.31. The van der Waals surface area contributed by atoms with Crippen LogP contribution in [0.15, 0.2) is 71.2 Å². The van der Waals surface area contributed by atoms with Crippen LogP contribution in [0.4, 0.5) is 0 Å². The van der Waals surface area contributed by atoms with E-state index in [1.54, 1.807) is 6.07 Å². The van der Waals surface area contributed by atoms with Gasteiger partial charge in [-0.25, -0.2) is 0 Å². The minimum atomic E-state index is -0.414. The first-order valence-corrected chi connectivity index (χ1v) is 11.3. The number of nitrogens with two attached hydrogens (primary N) is 1. The van der Waals surface area contributed by atoms with Crippen LogP contribution in [0.3, 0.4) is 0 Å². The number of aromatic nitrogens is 1. The number of halogens is 1. The highest BCUT2D eigenvalue weighted by atomic mass is 79.9. The van der Waals surface area contributed by atoms with Gasteiger partial charge < -0.3 is 10.3 Å². The summed E-state index contributed by atoms with van der Waals surface area (Å²) in [6.45, 7) is 2.86. The first kappa shape index (κ1) is 19.8. The lowest BCUT2D eigenvalue weighted by Gasteiger charge is -2.12. The third-order valence-electron chi connectivity index (χ3n) is 5.93. The lowest BCUT2D eigenvalue weighted by atomic mass is 10.0. The van der Waals surface area contributed by atoms with E-state index >= 15 is 0 Å². The summed E-state index contributed by atoms with van der Waals surface area (Å²) in [5.41, 5.74) is 10.8. The average Bonchev–Trinajstić information content (AvgIpc) is 3.09. The molecule has 4 aromatic carbocycles. The van der Waals surface area contributed by atoms with Gasteiger partial charge in [0.1, 0.15) is 0 Å². The Balaban J connectivity index is 1.78. The minimum Gasteiger partial charge on any atom is -0.366 e. The molecule has 0 aliphatic heterocycles. The molecule has 0 unspecified atom stereocenters. The molecule has 2 N–H and O–H groups in total. The topological polar surface area (TPSA) is 48.0 Å². The van der Waals surface area contributed by atoms with E-state index in [0.717, 1.165) is 39.1 Å². The predicted octanol–water partition coefficient (Wildman–Crippen LogP) is 6.61. The maximum Gasteiger partial charge on any atom is 0.249 e. The third-order valence-corrected chi connectivity index (χ3v) is 6.87. The zero-order valence-corrected chi connectivity index (χ0v) is 18.9. The number of hydrogen-bond donors (Lipinski definition) is 1. The largest absolute Gasteiger partial charge is 0.366 e. The molecule has 0 saturated heterocycles. The average molecular weight is 470 g/mol. The van der Waals surface area contributed by atoms with Gasteiger partial charge >= 0.3 is 0 Å². The van der Waals surface area contributed by atoms with Crippen molar-refractivity contribution < 1.29 is 4.79 Å². The molecule has 5 aromatic rings. The Bertz CT molecular complexity index is 1470. The van der Waals surface area contributed by atoms with E-state index in [0.29, 0.717) is 12.1 Å². The molecule has 0 saturated carbocycles. The molecular weight excluding hydrogens is 448 g/mol. The van der Waals surface area contributed by atoms with Crippen LogP contribution in [-0.4, -0.2) is 10.5 Å². The van der Waals surface area contributed by atoms with Crippen molar-refractivity contribution in [2.45, 2.75) is 26.3 Å². The van der Waals surface area contributed by atoms with Crippen molar-refractivity contribution in [1.29, 1.82) is 0 Å². The summed E-state index contributed by atoms with van der Waals surface area (Å²) in [5, 5.41) is 4.22. The summed E-state index contributed by atoms with van der Waals surface area (Å²) in [7, 11) is 0. The second-order valence-electron chi connectivity index (χ2n) is 7.93. The smallest absolute Gasteiger partial charge is 0.249 e. The van der Waals surface area contributed by atoms with Crippen LogP contribution in [0.2, 0.25) is 0 Å². The molecule has 5 rings (SSSR count). The van der Waals surface area contributed by atoms with E-state index in [1.165, 1.54) is 21.9 Å². The number of carbonyl (C=O) groups is 1. The van der Waals surface area contributed by atoms with Gasteiger partial charge in [0, 0.05) is 27.4 Å². The number of benzene rings is 4. The monoisotopic (exact) mass is 469 g/mol. The Hall–Kier alpha value is -3.11. The number of primary amides is 1. The van der Waals surface area contributed by atoms with Gasteiger partial charge in [-0.2, -0.15) is 0 Å². The van der Waals surface area contributed by atoms with Crippen LogP contribution >= 0.6 is 15.9 Å². The van der Waals surface area contributed by atoms with Crippen molar-refractivity contribution in [3.63, 3.8) is 0 Å². The van der Waals surface area contributed by atoms with Gasteiger partial charge in [-0.05, 0) is 68.5 Å². The maximum absolute atomic E-state index is 12.2. The van der Waals surface area contributed by atoms with Crippen molar-refractivity contribution in [1.82, 2.24) is 4.57 Å². The summed E-state index contributed by atoms with van der Waals surface area (Å²) in [5.74, 6) is -0.414. The van der Waals surface area contributed by atoms with Crippen LogP contribution in [0.25, 0.3) is 32.6 Å². The standard InChI is InChI=1S/C27H22BrN2O/c1-2-6-17-11-14-21-24(15-17)30(23-10-5-9-22(25(21)23)27(29)31)16-19-13-12-18-7-3-4-8-20(18)26(19)28/h3-5,7-13,15H,2,6,16H2,1H3,(H2,29,31). The molecule has 4 heteroatoms. The molecule has 0 fully saturated rings. The van der Waals surface area contributed by atoms with E-state index in [1.807, 2.05) is 12.1 Å². The van der Waals surface area contributed by atoms with Crippen molar-refractivity contribution in [2.24, 2.45) is 5.73 Å². The molecule has 0 aliphatic rings. The van der Waals surface area contributed by atoms with Crippen molar-refractivity contribution in [3.8, 4) is 0 Å². The first-order chi connectivity index (χ1) is 15.1. The lowest BCUT2D eigenvalue weighted by Crippen LogP contribution is -2.11. The fourth-order valence-corrected chi connectivity index (χ4v) is 5.10. The lowest BCUT2D eigenvalue weighted by molar-refractivity contribution is 0.100. The fraction of sp³-hybridized carbons (Fsp3) is 0.148. The molecule has 1 amide bonds. The summed E-state index contributed by atoms with van der Waals surface area (Å²) in [4.78, 5) is 12.2. The summed E-state index contributed by atoms with van der Waals surface area (Å²) in [6, 6.07) is 26.2. The molecule has 3 nitrogen and oxygen atoms in total. The van der Waals surface area contributed by atoms with Gasteiger partial charge in [0.2, 0.25) is 5.91 Å². The van der Waals surface area contributed by atoms with E-state index in [-0.39, 0.29) is 0 Å². The Morgan fingerprint density at radius 2 is 1.90 bits per heavy atom. The van der Waals surface area contributed by atoms with E-state index in [2.05, 4.69) is 82.0 Å². The molecule has 0 aliphatic carbocycles. The second kappa shape index (κ2) is 7.86. The minimum absolute atomic E-state index is 0.414. The number of hydrogen-bond acceptors (Lipinski definition) is 1. The number of aryl methyl sites for hydroxylation is 1. The Labute approximate surface area is 189 Å². The van der Waals surface area contributed by atoms with Gasteiger partial charge in [-0.3, -0.25) is 4.79 Å². The summed E-state index contributed by atoms with van der Waals surface area (Å²) >= 11 is 3.84. The predicted molar refractivity (Wildman–Crippen MR) is 132 cm³/mol. The van der Waals surface area contributed by atoms with Crippen LogP contribution in [0.1, 0.15) is 34.8 Å². The second-order valence-corrected chi connectivity index (χ2v) is 8.72. The van der Waals surface area contributed by atoms with Crippen molar-refractivity contribution in [2.75, 3.05) is 0 Å². The first-order valence-electron chi connectivity index (χ1n) is 10.5. The molecule has 0 spiro atoms. The Morgan fingerprint density at radius 3 is 2.71 bits per heavy atom. The molecule has 31 heavy (non-hydrogen) atoms. The van der Waals surface area contributed by atoms with Gasteiger partial charge in [-0.1, -0.05) is 61.9 Å². The van der Waals surface area contributed by atoms with Crippen LogP contribution in [-0.2, 0) is 13.0 Å². The van der Waals surface area contributed by atoms with Crippen LogP contribution in [0, 0.1) is 6.07 Å². The van der Waals surface area contributed by atoms with E-state index in [9.17, 15) is 4.79 Å². The Morgan fingerprint density at radius 1 is 1.06 bits per heavy atom. The normalized spacial score (nSPS) is 11.5. The molecule has 1 aromatic heterocycles. The molecule has 1 radical (unpaired) electrons. The molecule has 153 valence electrons. The highest BCUT2D eigenvalue weighted by Crippen LogP contribution is 2.35. The zero-order valence-electron chi connectivity index (χ0n) is 17.3. The number of nitrogens with zero attached hydrogens (tertiary/aromatic N) is 1. The van der Waals surface area contributed by atoms with Gasteiger partial charge in [0.05, 0.1) is 11.0 Å². The molecule has 0 bridgehead atoms. The molecule has 1 heterocycles. The van der Waals surface area contributed by atoms with Crippen molar-refractivity contribution >= 4 is 54.4 Å². The number of amides is 1. The van der Waals surface area contributed by atoms with E-state index < -0.39 is 5.91 Å². The van der Waals surface area contributed by atoms with Gasteiger partial charge in [0.15, 0.2) is 0 Å². The quantitative estimate of drug-likeness (QED) is 0.309. The van der Waals surface area contributed by atoms with Crippen LogP contribution in [0.5, 0.6) is 0 Å². The molecular formula is C27H22BrN2O. The van der Waals surface area contributed by atoms with Crippen LogP contribution < -0.4 is 5.73 Å². The summed E-state index contributed by atoms with van der Waals surface area (Å²) < 4.78 is 3.38. The fourth-order valence-electron chi connectivity index (χ4n) is 4.48.